The molecule has 8 nitrogen and oxygen atoms in total. The van der Waals surface area contributed by atoms with Crippen molar-refractivity contribution < 1.29 is 28.3 Å². The van der Waals surface area contributed by atoms with Crippen LogP contribution in [0.4, 0.5) is 4.39 Å². The monoisotopic (exact) mass is 437 g/mol. The van der Waals surface area contributed by atoms with Gasteiger partial charge in [0, 0.05) is 36.2 Å². The minimum atomic E-state index is -0.753. The van der Waals surface area contributed by atoms with Crippen LogP contribution in [0.5, 0.6) is 5.75 Å². The minimum Gasteiger partial charge on any atom is -0.488 e. The molecule has 32 heavy (non-hydrogen) atoms. The average Bonchev–Trinajstić information content (AvgIpc) is 2.95. The van der Waals surface area contributed by atoms with E-state index in [1.54, 1.807) is 35.2 Å². The van der Waals surface area contributed by atoms with Crippen LogP contribution >= 0.6 is 0 Å². The third kappa shape index (κ3) is 3.30. The molecule has 9 heteroatoms. The van der Waals surface area contributed by atoms with Gasteiger partial charge in [-0.3, -0.25) is 24.5 Å². The summed E-state index contributed by atoms with van der Waals surface area (Å²) in [5.74, 6) is -1.80. The van der Waals surface area contributed by atoms with Crippen molar-refractivity contribution >= 4 is 23.6 Å². The molecule has 5 rings (SSSR count). The number of amides is 4. The molecule has 0 radical (unpaired) electrons. The number of hydrogen-bond acceptors (Lipinski definition) is 5. The molecule has 1 fully saturated rings. The van der Waals surface area contributed by atoms with E-state index in [0.29, 0.717) is 22.3 Å². The minimum absolute atomic E-state index is 0.109. The van der Waals surface area contributed by atoms with E-state index in [9.17, 15) is 23.6 Å². The molecule has 3 heterocycles. The Balaban J connectivity index is 1.43. The standard InChI is InChI=1S/C23H20FN3O5/c24-17-6-1-3-13-11-26(9-10-32-20(13)17)22(30)14-4-2-5-15-16(14)12-27(23(15)31)18-7-8-19(28)25-21(18)29/h1-6,18H,7-12H2,(H,25,28,29). The molecule has 0 bridgehead atoms. The summed E-state index contributed by atoms with van der Waals surface area (Å²) in [5, 5.41) is 2.27. The third-order valence-electron chi connectivity index (χ3n) is 6.12. The van der Waals surface area contributed by atoms with Crippen molar-refractivity contribution in [2.75, 3.05) is 13.2 Å². The number of nitrogens with zero attached hydrogens (tertiary/aromatic N) is 2. The average molecular weight is 437 g/mol. The first-order valence-corrected chi connectivity index (χ1v) is 10.4. The Morgan fingerprint density at radius 2 is 1.91 bits per heavy atom. The number of fused-ring (bicyclic) bond motifs is 2. The van der Waals surface area contributed by atoms with E-state index >= 15 is 0 Å². The summed E-state index contributed by atoms with van der Waals surface area (Å²) >= 11 is 0. The van der Waals surface area contributed by atoms with Crippen LogP contribution < -0.4 is 10.1 Å². The summed E-state index contributed by atoms with van der Waals surface area (Å²) in [7, 11) is 0. The van der Waals surface area contributed by atoms with Crippen LogP contribution in [0.15, 0.2) is 36.4 Å². The summed E-state index contributed by atoms with van der Waals surface area (Å²) in [4.78, 5) is 53.2. The lowest BCUT2D eigenvalue weighted by Crippen LogP contribution is -2.52. The number of halogens is 1. The van der Waals surface area contributed by atoms with E-state index in [-0.39, 0.29) is 62.6 Å². The molecule has 0 spiro atoms. The number of rotatable bonds is 2. The Hall–Kier alpha value is -3.75. The summed E-state index contributed by atoms with van der Waals surface area (Å²) in [6, 6.07) is 8.78. The highest BCUT2D eigenvalue weighted by atomic mass is 19.1. The predicted molar refractivity (Wildman–Crippen MR) is 109 cm³/mol. The van der Waals surface area contributed by atoms with Crippen LogP contribution in [0.2, 0.25) is 0 Å². The summed E-state index contributed by atoms with van der Waals surface area (Å²) in [5.41, 5.74) is 1.87. The Labute approximate surface area is 182 Å². The number of para-hydroxylation sites is 1. The van der Waals surface area contributed by atoms with Crippen LogP contribution in [0, 0.1) is 5.82 Å². The number of benzene rings is 2. The van der Waals surface area contributed by atoms with Crippen molar-refractivity contribution in [2.45, 2.75) is 32.0 Å². The number of imide groups is 1. The van der Waals surface area contributed by atoms with Gasteiger partial charge in [0.25, 0.3) is 11.8 Å². The van der Waals surface area contributed by atoms with E-state index in [1.165, 1.54) is 11.0 Å². The summed E-state index contributed by atoms with van der Waals surface area (Å²) in [6.45, 7) is 0.704. The first kappa shape index (κ1) is 20.2. The smallest absolute Gasteiger partial charge is 0.255 e. The highest BCUT2D eigenvalue weighted by Gasteiger charge is 2.40. The van der Waals surface area contributed by atoms with Gasteiger partial charge >= 0.3 is 0 Å². The number of ether oxygens (including phenoxy) is 1. The molecule has 0 saturated carbocycles. The topological polar surface area (TPSA) is 96.0 Å². The number of carbonyl (C=O) groups excluding carboxylic acids is 4. The van der Waals surface area contributed by atoms with Crippen molar-refractivity contribution in [3.8, 4) is 5.75 Å². The van der Waals surface area contributed by atoms with Gasteiger partial charge in [0.1, 0.15) is 12.6 Å². The molecule has 3 aliphatic rings. The number of carbonyl (C=O) groups is 4. The lowest BCUT2D eigenvalue weighted by molar-refractivity contribution is -0.136. The fourth-order valence-corrected chi connectivity index (χ4v) is 4.51. The quantitative estimate of drug-likeness (QED) is 0.721. The van der Waals surface area contributed by atoms with Gasteiger partial charge in [-0.25, -0.2) is 4.39 Å². The highest BCUT2D eigenvalue weighted by molar-refractivity contribution is 6.07. The van der Waals surface area contributed by atoms with E-state index in [1.807, 2.05) is 0 Å². The zero-order valence-corrected chi connectivity index (χ0v) is 17.1. The number of hydrogen-bond donors (Lipinski definition) is 1. The largest absolute Gasteiger partial charge is 0.488 e. The normalized spacial score (nSPS) is 20.3. The van der Waals surface area contributed by atoms with Crippen LogP contribution in [0.1, 0.15) is 44.7 Å². The zero-order chi connectivity index (χ0) is 22.4. The van der Waals surface area contributed by atoms with Crippen LogP contribution in [-0.2, 0) is 22.7 Å². The summed E-state index contributed by atoms with van der Waals surface area (Å²) in [6.07, 6.45) is 0.408. The predicted octanol–water partition coefficient (Wildman–Crippen LogP) is 1.62. The van der Waals surface area contributed by atoms with Gasteiger partial charge in [-0.15, -0.1) is 0 Å². The molecule has 1 unspecified atom stereocenters. The second-order valence-electron chi connectivity index (χ2n) is 8.03. The molecule has 1 atom stereocenters. The van der Waals surface area contributed by atoms with Crippen LogP contribution in [-0.4, -0.2) is 52.6 Å². The molecule has 2 aromatic carbocycles. The zero-order valence-electron chi connectivity index (χ0n) is 17.1. The van der Waals surface area contributed by atoms with Gasteiger partial charge in [0.05, 0.1) is 6.54 Å². The van der Waals surface area contributed by atoms with Crippen molar-refractivity contribution in [1.29, 1.82) is 0 Å². The molecule has 1 saturated heterocycles. The van der Waals surface area contributed by atoms with Crippen LogP contribution in [0.25, 0.3) is 0 Å². The molecule has 3 aliphatic heterocycles. The first-order valence-electron chi connectivity index (χ1n) is 10.4. The lowest BCUT2D eigenvalue weighted by Gasteiger charge is -2.29. The maximum Gasteiger partial charge on any atom is 0.255 e. The Bertz CT molecular complexity index is 1160. The maximum atomic E-state index is 14.1. The SMILES string of the molecule is O=C1CCC(N2Cc3c(C(=O)N4CCOc5c(F)cccc5C4)cccc3C2=O)C(=O)N1. The van der Waals surface area contributed by atoms with Gasteiger partial charge < -0.3 is 14.5 Å². The van der Waals surface area contributed by atoms with Gasteiger partial charge in [0.2, 0.25) is 11.8 Å². The summed E-state index contributed by atoms with van der Waals surface area (Å²) < 4.78 is 19.6. The fraction of sp³-hybridized carbons (Fsp3) is 0.304. The lowest BCUT2D eigenvalue weighted by atomic mass is 10.0. The molecule has 0 aromatic heterocycles. The van der Waals surface area contributed by atoms with Crippen molar-refractivity contribution in [3.63, 3.8) is 0 Å². The molecule has 1 N–H and O–H groups in total. The van der Waals surface area contributed by atoms with Crippen molar-refractivity contribution in [1.82, 2.24) is 15.1 Å². The third-order valence-corrected chi connectivity index (χ3v) is 6.12. The van der Waals surface area contributed by atoms with Gasteiger partial charge in [0.15, 0.2) is 11.6 Å². The molecule has 164 valence electrons. The van der Waals surface area contributed by atoms with E-state index in [2.05, 4.69) is 5.32 Å². The van der Waals surface area contributed by atoms with Crippen LogP contribution in [0.3, 0.4) is 0 Å². The van der Waals surface area contributed by atoms with Crippen molar-refractivity contribution in [2.24, 2.45) is 0 Å². The maximum absolute atomic E-state index is 14.1. The van der Waals surface area contributed by atoms with E-state index in [4.69, 9.17) is 4.74 Å². The molecule has 2 aromatic rings. The molecular weight excluding hydrogens is 417 g/mol. The number of piperidine rings is 1. The first-order chi connectivity index (χ1) is 15.4. The second-order valence-corrected chi connectivity index (χ2v) is 8.03. The highest BCUT2D eigenvalue weighted by Crippen LogP contribution is 2.32. The Morgan fingerprint density at radius 1 is 1.09 bits per heavy atom. The van der Waals surface area contributed by atoms with E-state index < -0.39 is 17.8 Å². The second kappa shape index (κ2) is 7.74. The van der Waals surface area contributed by atoms with Gasteiger partial charge in [-0.1, -0.05) is 18.2 Å². The fourth-order valence-electron chi connectivity index (χ4n) is 4.51. The molecule has 4 amide bonds. The van der Waals surface area contributed by atoms with Crippen molar-refractivity contribution in [3.05, 3.63) is 64.5 Å². The Kier molecular flexibility index (Phi) is 4.88. The Morgan fingerprint density at radius 3 is 2.72 bits per heavy atom. The van der Waals surface area contributed by atoms with E-state index in [0.717, 1.165) is 0 Å². The van der Waals surface area contributed by atoms with Gasteiger partial charge in [-0.05, 0) is 30.2 Å². The van der Waals surface area contributed by atoms with Gasteiger partial charge in [-0.2, -0.15) is 0 Å². The molecule has 0 aliphatic carbocycles. The molecular formula is C23H20FN3O5. The number of nitrogens with one attached hydrogen (secondary N) is 1.